The summed E-state index contributed by atoms with van der Waals surface area (Å²) < 4.78 is 0. The summed E-state index contributed by atoms with van der Waals surface area (Å²) in [6.45, 7) is 3.87. The van der Waals surface area contributed by atoms with E-state index in [0.717, 1.165) is 24.8 Å². The number of rotatable bonds is 3. The molecule has 80 valence electrons. The number of hydrogen-bond acceptors (Lipinski definition) is 1. The van der Waals surface area contributed by atoms with E-state index in [1.54, 1.807) is 6.92 Å². The molecule has 15 heavy (non-hydrogen) atoms. The Hall–Kier alpha value is -1.26. The van der Waals surface area contributed by atoms with Crippen LogP contribution < -0.4 is 0 Å². The van der Waals surface area contributed by atoms with Crippen molar-refractivity contribution in [2.45, 2.75) is 38.7 Å². The molecule has 0 amide bonds. The zero-order valence-electron chi connectivity index (χ0n) is 9.46. The van der Waals surface area contributed by atoms with E-state index < -0.39 is 5.60 Å². The van der Waals surface area contributed by atoms with Crippen LogP contribution in [0.15, 0.2) is 30.3 Å². The second kappa shape index (κ2) is 5.58. The molecule has 1 aromatic carbocycles. The van der Waals surface area contributed by atoms with E-state index in [1.807, 2.05) is 30.3 Å². The van der Waals surface area contributed by atoms with Gasteiger partial charge in [0.05, 0.1) is 0 Å². The number of unbranched alkanes of at least 4 members (excludes halogenated alkanes) is 2. The molecule has 0 aliphatic carbocycles. The van der Waals surface area contributed by atoms with E-state index in [2.05, 4.69) is 18.8 Å². The second-order valence-electron chi connectivity index (χ2n) is 3.84. The highest BCUT2D eigenvalue weighted by atomic mass is 16.3. The Balaban J connectivity index is 2.69. The lowest BCUT2D eigenvalue weighted by Crippen LogP contribution is -2.18. The Morgan fingerprint density at radius 3 is 2.53 bits per heavy atom. The predicted molar refractivity (Wildman–Crippen MR) is 63.3 cm³/mol. The fraction of sp³-hybridized carbons (Fsp3) is 0.429. The number of hydrogen-bond donors (Lipinski definition) is 1. The maximum atomic E-state index is 10.1. The first-order chi connectivity index (χ1) is 7.17. The zero-order chi connectivity index (χ0) is 11.1. The highest BCUT2D eigenvalue weighted by molar-refractivity contribution is 5.30. The lowest BCUT2D eigenvalue weighted by molar-refractivity contribution is 0.122. The molecule has 0 spiro atoms. The first-order valence-electron chi connectivity index (χ1n) is 5.44. The average Bonchev–Trinajstić information content (AvgIpc) is 2.26. The highest BCUT2D eigenvalue weighted by Crippen LogP contribution is 2.18. The SMILES string of the molecule is CCCCC#CC(C)(O)c1ccccc1. The van der Waals surface area contributed by atoms with Crippen molar-refractivity contribution < 1.29 is 5.11 Å². The van der Waals surface area contributed by atoms with Crippen LogP contribution in [0.25, 0.3) is 0 Å². The molecule has 0 heterocycles. The van der Waals surface area contributed by atoms with E-state index in [4.69, 9.17) is 0 Å². The van der Waals surface area contributed by atoms with Gasteiger partial charge in [0.25, 0.3) is 0 Å². The summed E-state index contributed by atoms with van der Waals surface area (Å²) in [5.74, 6) is 5.94. The minimum atomic E-state index is -1.02. The largest absolute Gasteiger partial charge is 0.374 e. The summed E-state index contributed by atoms with van der Waals surface area (Å²) in [4.78, 5) is 0. The standard InChI is InChI=1S/C14H18O/c1-3-4-5-9-12-14(2,15)13-10-7-6-8-11-13/h6-8,10-11,15H,3-5H2,1-2H3. The first-order valence-corrected chi connectivity index (χ1v) is 5.44. The lowest BCUT2D eigenvalue weighted by atomic mass is 9.96. The van der Waals surface area contributed by atoms with Crippen molar-refractivity contribution in [2.75, 3.05) is 0 Å². The maximum Gasteiger partial charge on any atom is 0.148 e. The van der Waals surface area contributed by atoms with Crippen LogP contribution in [0, 0.1) is 11.8 Å². The van der Waals surface area contributed by atoms with Crippen LogP contribution in [0.1, 0.15) is 38.7 Å². The van der Waals surface area contributed by atoms with Crippen molar-refractivity contribution in [3.8, 4) is 11.8 Å². The smallest absolute Gasteiger partial charge is 0.148 e. The van der Waals surface area contributed by atoms with E-state index in [0.29, 0.717) is 0 Å². The van der Waals surface area contributed by atoms with E-state index in [-0.39, 0.29) is 0 Å². The van der Waals surface area contributed by atoms with Gasteiger partial charge < -0.3 is 5.11 Å². The Labute approximate surface area is 92.1 Å². The molecule has 0 saturated carbocycles. The minimum absolute atomic E-state index is 0.856. The summed E-state index contributed by atoms with van der Waals surface area (Å²) in [5.41, 5.74) is -0.163. The van der Waals surface area contributed by atoms with Gasteiger partial charge in [-0.25, -0.2) is 0 Å². The predicted octanol–water partition coefficient (Wildman–Crippen LogP) is 3.09. The fourth-order valence-corrected chi connectivity index (χ4v) is 1.33. The highest BCUT2D eigenvalue weighted by Gasteiger charge is 2.18. The molecule has 1 heteroatoms. The molecule has 1 rings (SSSR count). The lowest BCUT2D eigenvalue weighted by Gasteiger charge is -2.16. The van der Waals surface area contributed by atoms with Gasteiger partial charge in [0, 0.05) is 6.42 Å². The van der Waals surface area contributed by atoms with Gasteiger partial charge in [-0.1, -0.05) is 55.5 Å². The average molecular weight is 202 g/mol. The summed E-state index contributed by atoms with van der Waals surface area (Å²) in [5, 5.41) is 10.1. The molecular formula is C14H18O. The van der Waals surface area contributed by atoms with Gasteiger partial charge >= 0.3 is 0 Å². The normalized spacial score (nSPS) is 13.8. The van der Waals surface area contributed by atoms with Gasteiger partial charge in [0.15, 0.2) is 0 Å². The van der Waals surface area contributed by atoms with Crippen molar-refractivity contribution in [3.05, 3.63) is 35.9 Å². The third kappa shape index (κ3) is 3.77. The van der Waals surface area contributed by atoms with Crippen LogP contribution in [0.2, 0.25) is 0 Å². The van der Waals surface area contributed by atoms with Crippen LogP contribution in [-0.4, -0.2) is 5.11 Å². The van der Waals surface area contributed by atoms with Crippen molar-refractivity contribution in [1.82, 2.24) is 0 Å². The Kier molecular flexibility index (Phi) is 4.39. The fourth-order valence-electron chi connectivity index (χ4n) is 1.33. The first kappa shape index (κ1) is 11.8. The Bertz CT molecular complexity index is 341. The molecule has 1 nitrogen and oxygen atoms in total. The van der Waals surface area contributed by atoms with Gasteiger partial charge in [-0.2, -0.15) is 0 Å². The molecule has 0 aliphatic heterocycles. The van der Waals surface area contributed by atoms with Crippen LogP contribution in [-0.2, 0) is 5.60 Å². The van der Waals surface area contributed by atoms with Crippen molar-refractivity contribution in [3.63, 3.8) is 0 Å². The van der Waals surface area contributed by atoms with Crippen molar-refractivity contribution in [1.29, 1.82) is 0 Å². The van der Waals surface area contributed by atoms with Crippen LogP contribution in [0.4, 0.5) is 0 Å². The van der Waals surface area contributed by atoms with Crippen LogP contribution >= 0.6 is 0 Å². The monoisotopic (exact) mass is 202 g/mol. The molecule has 0 fully saturated rings. The molecule has 1 aromatic rings. The van der Waals surface area contributed by atoms with Crippen molar-refractivity contribution >= 4 is 0 Å². The van der Waals surface area contributed by atoms with Crippen molar-refractivity contribution in [2.24, 2.45) is 0 Å². The molecule has 0 radical (unpaired) electrons. The summed E-state index contributed by atoms with van der Waals surface area (Å²) in [7, 11) is 0. The second-order valence-corrected chi connectivity index (χ2v) is 3.84. The van der Waals surface area contributed by atoms with Gasteiger partial charge in [-0.15, -0.1) is 0 Å². The molecule has 0 aliphatic rings. The molecule has 1 unspecified atom stereocenters. The van der Waals surface area contributed by atoms with Crippen LogP contribution in [0.5, 0.6) is 0 Å². The molecule has 1 atom stereocenters. The Morgan fingerprint density at radius 2 is 1.93 bits per heavy atom. The van der Waals surface area contributed by atoms with Crippen LogP contribution in [0.3, 0.4) is 0 Å². The number of benzene rings is 1. The van der Waals surface area contributed by atoms with Gasteiger partial charge in [-0.3, -0.25) is 0 Å². The van der Waals surface area contributed by atoms with E-state index >= 15 is 0 Å². The summed E-state index contributed by atoms with van der Waals surface area (Å²) in [6.07, 6.45) is 3.10. The molecule has 0 saturated heterocycles. The molecule has 0 aromatic heterocycles. The minimum Gasteiger partial charge on any atom is -0.374 e. The quantitative estimate of drug-likeness (QED) is 0.590. The molecular weight excluding hydrogens is 184 g/mol. The Morgan fingerprint density at radius 1 is 1.27 bits per heavy atom. The maximum absolute atomic E-state index is 10.1. The van der Waals surface area contributed by atoms with E-state index in [9.17, 15) is 5.11 Å². The third-order valence-corrected chi connectivity index (χ3v) is 2.32. The summed E-state index contributed by atoms with van der Waals surface area (Å²) in [6, 6.07) is 9.56. The van der Waals surface area contributed by atoms with E-state index in [1.165, 1.54) is 0 Å². The molecule has 1 N–H and O–H groups in total. The van der Waals surface area contributed by atoms with Gasteiger partial charge in [0.2, 0.25) is 0 Å². The summed E-state index contributed by atoms with van der Waals surface area (Å²) >= 11 is 0. The van der Waals surface area contributed by atoms with Gasteiger partial charge in [-0.05, 0) is 18.9 Å². The third-order valence-electron chi connectivity index (χ3n) is 2.32. The topological polar surface area (TPSA) is 20.2 Å². The zero-order valence-corrected chi connectivity index (χ0v) is 9.46. The number of aliphatic hydroxyl groups is 1. The molecule has 0 bridgehead atoms. The van der Waals surface area contributed by atoms with Gasteiger partial charge in [0.1, 0.15) is 5.60 Å².